The van der Waals surface area contributed by atoms with E-state index in [0.717, 1.165) is 22.1 Å². The molecule has 0 aliphatic rings. The van der Waals surface area contributed by atoms with Crippen LogP contribution in [0.15, 0.2) is 39.9 Å². The van der Waals surface area contributed by atoms with Crippen LogP contribution in [-0.2, 0) is 0 Å². The van der Waals surface area contributed by atoms with Crippen molar-refractivity contribution in [3.05, 3.63) is 41.4 Å². The summed E-state index contributed by atoms with van der Waals surface area (Å²) in [5, 5.41) is 5.93. The number of thiocarbonyl (C=S) groups is 1. The van der Waals surface area contributed by atoms with E-state index in [2.05, 4.69) is 10.5 Å². The first-order chi connectivity index (χ1) is 7.66. The number of nitrogens with one attached hydrogen (secondary N) is 1. The lowest BCUT2D eigenvalue weighted by Crippen LogP contribution is -2.26. The van der Waals surface area contributed by atoms with E-state index >= 15 is 0 Å². The standard InChI is InChI=1S/C11H11N3OS/c1-7-6-9(13-14-11(12)16)8-4-2-3-5-10(8)15-7/h2-6H,1H3,(H3,12,14,16)/b13-9-. The number of para-hydroxylation sites is 1. The molecular formula is C11H11N3OS. The van der Waals surface area contributed by atoms with Gasteiger partial charge in [-0.15, -0.1) is 0 Å². The van der Waals surface area contributed by atoms with Gasteiger partial charge in [-0.05, 0) is 31.3 Å². The van der Waals surface area contributed by atoms with Crippen LogP contribution in [0.2, 0.25) is 0 Å². The van der Waals surface area contributed by atoms with E-state index in [9.17, 15) is 0 Å². The van der Waals surface area contributed by atoms with Gasteiger partial charge in [0.2, 0.25) is 0 Å². The predicted molar refractivity (Wildman–Crippen MR) is 66.4 cm³/mol. The number of fused-ring (bicyclic) bond motifs is 1. The number of aryl methyl sites for hydroxylation is 1. The molecule has 4 nitrogen and oxygen atoms in total. The van der Waals surface area contributed by atoms with E-state index in [0.29, 0.717) is 0 Å². The topological polar surface area (TPSA) is 63.5 Å². The van der Waals surface area contributed by atoms with Gasteiger partial charge < -0.3 is 10.2 Å². The highest BCUT2D eigenvalue weighted by Gasteiger charge is 1.99. The molecule has 0 fully saturated rings. The predicted octanol–water partition coefficient (Wildman–Crippen LogP) is 1.39. The maximum absolute atomic E-state index is 5.56. The van der Waals surface area contributed by atoms with Crippen LogP contribution in [0.5, 0.6) is 0 Å². The lowest BCUT2D eigenvalue weighted by Gasteiger charge is -2.00. The summed E-state index contributed by atoms with van der Waals surface area (Å²) in [5.74, 6) is 0.780. The average molecular weight is 233 g/mol. The highest BCUT2D eigenvalue weighted by molar-refractivity contribution is 7.80. The smallest absolute Gasteiger partial charge is 0.184 e. The normalized spacial score (nSPS) is 11.7. The molecule has 2 rings (SSSR count). The summed E-state index contributed by atoms with van der Waals surface area (Å²) in [7, 11) is 0. The Kier molecular flexibility index (Phi) is 2.87. The molecule has 0 atom stereocenters. The van der Waals surface area contributed by atoms with Crippen LogP contribution in [0.4, 0.5) is 0 Å². The second-order valence-corrected chi connectivity index (χ2v) is 3.77. The fourth-order valence-corrected chi connectivity index (χ4v) is 1.49. The summed E-state index contributed by atoms with van der Waals surface area (Å²) >= 11 is 4.70. The average Bonchev–Trinajstić information content (AvgIpc) is 2.25. The molecule has 0 aliphatic carbocycles. The number of benzene rings is 1. The van der Waals surface area contributed by atoms with Crippen LogP contribution in [-0.4, -0.2) is 5.11 Å². The highest BCUT2D eigenvalue weighted by atomic mass is 32.1. The third-order valence-corrected chi connectivity index (χ3v) is 2.15. The van der Waals surface area contributed by atoms with E-state index in [1.807, 2.05) is 37.3 Å². The molecule has 0 radical (unpaired) electrons. The van der Waals surface area contributed by atoms with Crippen molar-refractivity contribution in [2.45, 2.75) is 6.92 Å². The molecule has 82 valence electrons. The molecule has 0 spiro atoms. The minimum Gasteiger partial charge on any atom is -0.461 e. The number of hydrogen-bond acceptors (Lipinski definition) is 3. The second-order valence-electron chi connectivity index (χ2n) is 3.33. The number of rotatable bonds is 1. The summed E-state index contributed by atoms with van der Waals surface area (Å²) in [4.78, 5) is 0. The largest absolute Gasteiger partial charge is 0.461 e. The van der Waals surface area contributed by atoms with Crippen molar-refractivity contribution >= 4 is 28.3 Å². The molecule has 0 bridgehead atoms. The molecule has 0 aliphatic heterocycles. The van der Waals surface area contributed by atoms with E-state index in [4.69, 9.17) is 22.4 Å². The molecule has 5 heteroatoms. The Morgan fingerprint density at radius 3 is 2.94 bits per heavy atom. The van der Waals surface area contributed by atoms with Gasteiger partial charge in [0.1, 0.15) is 11.3 Å². The van der Waals surface area contributed by atoms with Crippen molar-refractivity contribution in [2.75, 3.05) is 0 Å². The lowest BCUT2D eigenvalue weighted by atomic mass is 10.2. The molecule has 1 heterocycles. The summed E-state index contributed by atoms with van der Waals surface area (Å²) in [6.07, 6.45) is 0. The molecule has 0 amide bonds. The Morgan fingerprint density at radius 1 is 1.44 bits per heavy atom. The molecule has 0 saturated carbocycles. The zero-order valence-corrected chi connectivity index (χ0v) is 9.54. The van der Waals surface area contributed by atoms with Gasteiger partial charge in [-0.25, -0.2) is 0 Å². The maximum atomic E-state index is 5.56. The van der Waals surface area contributed by atoms with Crippen LogP contribution in [0.1, 0.15) is 5.76 Å². The zero-order valence-electron chi connectivity index (χ0n) is 8.73. The van der Waals surface area contributed by atoms with Gasteiger partial charge in [-0.3, -0.25) is 5.43 Å². The van der Waals surface area contributed by atoms with Crippen molar-refractivity contribution in [1.82, 2.24) is 5.43 Å². The first-order valence-electron chi connectivity index (χ1n) is 4.75. The van der Waals surface area contributed by atoms with Crippen LogP contribution in [0, 0.1) is 6.92 Å². The molecule has 0 saturated heterocycles. The number of nitrogens with zero attached hydrogens (tertiary/aromatic N) is 1. The van der Waals surface area contributed by atoms with Gasteiger partial charge in [-0.2, -0.15) is 5.10 Å². The fourth-order valence-electron chi connectivity index (χ4n) is 1.45. The van der Waals surface area contributed by atoms with Gasteiger partial charge in [0.05, 0.1) is 5.36 Å². The zero-order chi connectivity index (χ0) is 11.5. The van der Waals surface area contributed by atoms with Crippen molar-refractivity contribution in [2.24, 2.45) is 10.8 Å². The molecular weight excluding hydrogens is 222 g/mol. The quantitative estimate of drug-likeness (QED) is 0.577. The van der Waals surface area contributed by atoms with Crippen molar-refractivity contribution in [3.8, 4) is 0 Å². The van der Waals surface area contributed by atoms with Crippen molar-refractivity contribution in [3.63, 3.8) is 0 Å². The van der Waals surface area contributed by atoms with Gasteiger partial charge in [-0.1, -0.05) is 12.1 Å². The van der Waals surface area contributed by atoms with Gasteiger partial charge in [0.15, 0.2) is 5.11 Å². The third kappa shape index (κ3) is 2.20. The SMILES string of the molecule is Cc1c/c(=N/NC(N)=S)c2ccccc2o1. The first-order valence-corrected chi connectivity index (χ1v) is 5.16. The van der Waals surface area contributed by atoms with Gasteiger partial charge >= 0.3 is 0 Å². The molecule has 2 aromatic rings. The van der Waals surface area contributed by atoms with Crippen molar-refractivity contribution in [1.29, 1.82) is 0 Å². The van der Waals surface area contributed by atoms with E-state index in [1.165, 1.54) is 0 Å². The first kappa shape index (κ1) is 10.6. The summed E-state index contributed by atoms with van der Waals surface area (Å²) in [6.45, 7) is 1.87. The highest BCUT2D eigenvalue weighted by Crippen LogP contribution is 2.10. The summed E-state index contributed by atoms with van der Waals surface area (Å²) < 4.78 is 5.56. The lowest BCUT2D eigenvalue weighted by molar-refractivity contribution is 0.563. The summed E-state index contributed by atoms with van der Waals surface area (Å²) in [6, 6.07) is 9.48. The van der Waals surface area contributed by atoms with Gasteiger partial charge in [0.25, 0.3) is 0 Å². The summed E-state index contributed by atoms with van der Waals surface area (Å²) in [5.41, 5.74) is 8.68. The Labute approximate surface area is 97.8 Å². The molecule has 1 aromatic heterocycles. The van der Waals surface area contributed by atoms with Crippen LogP contribution < -0.4 is 16.5 Å². The third-order valence-electron chi connectivity index (χ3n) is 2.06. The fraction of sp³-hybridized carbons (Fsp3) is 0.0909. The van der Waals surface area contributed by atoms with E-state index < -0.39 is 0 Å². The molecule has 1 aromatic carbocycles. The van der Waals surface area contributed by atoms with Crippen LogP contribution in [0.25, 0.3) is 11.0 Å². The number of hydrogen-bond donors (Lipinski definition) is 2. The van der Waals surface area contributed by atoms with Gasteiger partial charge in [0, 0.05) is 11.5 Å². The molecule has 0 unspecified atom stereocenters. The van der Waals surface area contributed by atoms with Crippen LogP contribution >= 0.6 is 12.2 Å². The maximum Gasteiger partial charge on any atom is 0.184 e. The molecule has 3 N–H and O–H groups in total. The number of nitrogens with two attached hydrogens (primary N) is 1. The second kappa shape index (κ2) is 4.32. The van der Waals surface area contributed by atoms with Crippen LogP contribution in [0.3, 0.4) is 0 Å². The Morgan fingerprint density at radius 2 is 2.19 bits per heavy atom. The van der Waals surface area contributed by atoms with E-state index in [-0.39, 0.29) is 5.11 Å². The van der Waals surface area contributed by atoms with E-state index in [1.54, 1.807) is 0 Å². The Bertz CT molecular complexity index is 603. The Hall–Kier alpha value is -1.88. The Balaban J connectivity index is 2.67. The monoisotopic (exact) mass is 233 g/mol. The minimum absolute atomic E-state index is 0.141. The minimum atomic E-state index is 0.141. The van der Waals surface area contributed by atoms with Crippen molar-refractivity contribution < 1.29 is 4.42 Å². The molecule has 16 heavy (non-hydrogen) atoms.